The van der Waals surface area contributed by atoms with Crippen molar-refractivity contribution in [2.45, 2.75) is 52.2 Å². The molecular weight excluding hydrogens is 242 g/mol. The average Bonchev–Trinajstić information content (AvgIpc) is 2.67. The second-order valence-corrected chi connectivity index (χ2v) is 5.56. The number of carbonyl (C=O) groups excluding carboxylic acids is 1. The van der Waals surface area contributed by atoms with Gasteiger partial charge in [0.1, 0.15) is 6.54 Å². The maximum Gasteiger partial charge on any atom is 0.241 e. The van der Waals surface area contributed by atoms with E-state index in [1.54, 1.807) is 4.68 Å². The number of aliphatic hydroxyl groups is 1. The number of amides is 1. The van der Waals surface area contributed by atoms with Crippen LogP contribution in [0.4, 0.5) is 0 Å². The lowest BCUT2D eigenvalue weighted by molar-refractivity contribution is -0.122. The third-order valence-electron chi connectivity index (χ3n) is 3.80. The predicted molar refractivity (Wildman–Crippen MR) is 72.7 cm³/mol. The molecule has 0 aliphatic heterocycles. The third kappa shape index (κ3) is 4.06. The molecule has 1 amide bonds. The number of aliphatic hydroxyl groups excluding tert-OH is 1. The maximum absolute atomic E-state index is 11.9. The fourth-order valence-corrected chi connectivity index (χ4v) is 2.63. The molecule has 1 aromatic rings. The van der Waals surface area contributed by atoms with Crippen molar-refractivity contribution >= 4 is 5.91 Å². The highest BCUT2D eigenvalue weighted by molar-refractivity contribution is 5.75. The minimum atomic E-state index is -0.137. The molecule has 0 bridgehead atoms. The first-order valence-corrected chi connectivity index (χ1v) is 7.00. The van der Waals surface area contributed by atoms with Gasteiger partial charge in [0.15, 0.2) is 0 Å². The van der Waals surface area contributed by atoms with Crippen LogP contribution in [0.15, 0.2) is 6.07 Å². The quantitative estimate of drug-likeness (QED) is 0.858. The Morgan fingerprint density at radius 1 is 1.42 bits per heavy atom. The van der Waals surface area contributed by atoms with Gasteiger partial charge < -0.3 is 10.4 Å². The van der Waals surface area contributed by atoms with E-state index in [0.29, 0.717) is 12.5 Å². The van der Waals surface area contributed by atoms with E-state index in [0.717, 1.165) is 37.1 Å². The van der Waals surface area contributed by atoms with Crippen molar-refractivity contribution in [1.82, 2.24) is 15.1 Å². The van der Waals surface area contributed by atoms with Crippen molar-refractivity contribution < 1.29 is 9.90 Å². The molecule has 1 saturated carbocycles. The van der Waals surface area contributed by atoms with Crippen molar-refractivity contribution in [2.24, 2.45) is 5.92 Å². The van der Waals surface area contributed by atoms with Crippen molar-refractivity contribution in [3.05, 3.63) is 17.5 Å². The van der Waals surface area contributed by atoms with E-state index in [9.17, 15) is 9.90 Å². The van der Waals surface area contributed by atoms with Gasteiger partial charge in [-0.25, -0.2) is 0 Å². The van der Waals surface area contributed by atoms with Gasteiger partial charge in [-0.3, -0.25) is 9.48 Å². The Balaban J connectivity index is 1.74. The van der Waals surface area contributed by atoms with Crippen molar-refractivity contribution in [1.29, 1.82) is 0 Å². The van der Waals surface area contributed by atoms with Crippen LogP contribution in [0.2, 0.25) is 0 Å². The van der Waals surface area contributed by atoms with Crippen LogP contribution in [0.3, 0.4) is 0 Å². The van der Waals surface area contributed by atoms with E-state index < -0.39 is 0 Å². The standard InChI is InChI=1S/C14H23N3O2/c1-10-7-11(2)17(16-10)9-14(19)15-8-12-3-5-13(18)6-4-12/h7,12-13,18H,3-6,8-9H2,1-2H3,(H,15,19). The third-order valence-corrected chi connectivity index (χ3v) is 3.80. The molecule has 1 fully saturated rings. The molecule has 2 rings (SSSR count). The topological polar surface area (TPSA) is 67.2 Å². The minimum Gasteiger partial charge on any atom is -0.393 e. The van der Waals surface area contributed by atoms with Gasteiger partial charge in [0.05, 0.1) is 11.8 Å². The summed E-state index contributed by atoms with van der Waals surface area (Å²) >= 11 is 0. The largest absolute Gasteiger partial charge is 0.393 e. The smallest absolute Gasteiger partial charge is 0.241 e. The molecule has 0 radical (unpaired) electrons. The summed E-state index contributed by atoms with van der Waals surface area (Å²) in [6.45, 7) is 4.88. The fraction of sp³-hybridized carbons (Fsp3) is 0.714. The SMILES string of the molecule is Cc1cc(C)n(CC(=O)NCC2CCC(O)CC2)n1. The fourth-order valence-electron chi connectivity index (χ4n) is 2.63. The van der Waals surface area contributed by atoms with Crippen LogP contribution >= 0.6 is 0 Å². The maximum atomic E-state index is 11.9. The Morgan fingerprint density at radius 2 is 2.11 bits per heavy atom. The summed E-state index contributed by atoms with van der Waals surface area (Å²) in [7, 11) is 0. The Hall–Kier alpha value is -1.36. The van der Waals surface area contributed by atoms with E-state index in [1.807, 2.05) is 19.9 Å². The molecule has 1 aromatic heterocycles. The van der Waals surface area contributed by atoms with Gasteiger partial charge in [0.2, 0.25) is 5.91 Å². The van der Waals surface area contributed by atoms with E-state index >= 15 is 0 Å². The van der Waals surface area contributed by atoms with Gasteiger partial charge in [-0.05, 0) is 51.5 Å². The number of rotatable bonds is 4. The van der Waals surface area contributed by atoms with Crippen LogP contribution in [0.5, 0.6) is 0 Å². The number of carbonyl (C=O) groups is 1. The molecule has 5 heteroatoms. The van der Waals surface area contributed by atoms with E-state index in [4.69, 9.17) is 0 Å². The van der Waals surface area contributed by atoms with Gasteiger partial charge in [0, 0.05) is 12.2 Å². The predicted octanol–water partition coefficient (Wildman–Crippen LogP) is 1.17. The van der Waals surface area contributed by atoms with E-state index in [2.05, 4.69) is 10.4 Å². The monoisotopic (exact) mass is 265 g/mol. The first-order chi connectivity index (χ1) is 9.04. The number of nitrogens with zero attached hydrogens (tertiary/aromatic N) is 2. The average molecular weight is 265 g/mol. The number of hydrogen-bond donors (Lipinski definition) is 2. The zero-order valence-corrected chi connectivity index (χ0v) is 11.7. The molecule has 5 nitrogen and oxygen atoms in total. The molecule has 0 unspecified atom stereocenters. The number of hydrogen-bond acceptors (Lipinski definition) is 3. The van der Waals surface area contributed by atoms with Crippen LogP contribution in [0.25, 0.3) is 0 Å². The highest BCUT2D eigenvalue weighted by atomic mass is 16.3. The Morgan fingerprint density at radius 3 is 2.68 bits per heavy atom. The highest BCUT2D eigenvalue weighted by Gasteiger charge is 2.19. The summed E-state index contributed by atoms with van der Waals surface area (Å²) < 4.78 is 1.73. The zero-order chi connectivity index (χ0) is 13.8. The zero-order valence-electron chi connectivity index (χ0n) is 11.7. The summed E-state index contributed by atoms with van der Waals surface area (Å²) in [6, 6.07) is 1.97. The number of aromatic nitrogens is 2. The lowest BCUT2D eigenvalue weighted by Gasteiger charge is -2.25. The lowest BCUT2D eigenvalue weighted by Crippen LogP contribution is -2.34. The molecule has 0 aromatic carbocycles. The first kappa shape index (κ1) is 14.1. The molecule has 106 valence electrons. The van der Waals surface area contributed by atoms with Gasteiger partial charge in [-0.2, -0.15) is 5.10 Å². The minimum absolute atomic E-state index is 0.0114. The molecular formula is C14H23N3O2. The molecule has 1 heterocycles. The van der Waals surface area contributed by atoms with E-state index in [-0.39, 0.29) is 18.6 Å². The van der Waals surface area contributed by atoms with Crippen molar-refractivity contribution in [2.75, 3.05) is 6.54 Å². The van der Waals surface area contributed by atoms with Gasteiger partial charge in [0.25, 0.3) is 0 Å². The number of nitrogens with one attached hydrogen (secondary N) is 1. The summed E-state index contributed by atoms with van der Waals surface area (Å²) in [5.41, 5.74) is 1.94. The van der Waals surface area contributed by atoms with Gasteiger partial charge in [-0.1, -0.05) is 0 Å². The summed E-state index contributed by atoms with van der Waals surface area (Å²) in [5, 5.41) is 16.7. The molecule has 19 heavy (non-hydrogen) atoms. The summed E-state index contributed by atoms with van der Waals surface area (Å²) in [4.78, 5) is 11.9. The van der Waals surface area contributed by atoms with Gasteiger partial charge >= 0.3 is 0 Å². The van der Waals surface area contributed by atoms with Crippen molar-refractivity contribution in [3.8, 4) is 0 Å². The summed E-state index contributed by atoms with van der Waals surface area (Å²) in [5.74, 6) is 0.519. The van der Waals surface area contributed by atoms with Crippen LogP contribution in [-0.4, -0.2) is 33.4 Å². The van der Waals surface area contributed by atoms with Crippen LogP contribution in [-0.2, 0) is 11.3 Å². The van der Waals surface area contributed by atoms with Gasteiger partial charge in [-0.15, -0.1) is 0 Å². The van der Waals surface area contributed by atoms with E-state index in [1.165, 1.54) is 0 Å². The highest BCUT2D eigenvalue weighted by Crippen LogP contribution is 2.23. The second-order valence-electron chi connectivity index (χ2n) is 5.56. The molecule has 1 aliphatic rings. The van der Waals surface area contributed by atoms with Crippen LogP contribution in [0.1, 0.15) is 37.1 Å². The Labute approximate surface area is 114 Å². The van der Waals surface area contributed by atoms with Crippen molar-refractivity contribution in [3.63, 3.8) is 0 Å². The molecule has 2 N–H and O–H groups in total. The number of aryl methyl sites for hydroxylation is 2. The normalized spacial score (nSPS) is 23.3. The van der Waals surface area contributed by atoms with Crippen LogP contribution in [0, 0.1) is 19.8 Å². The molecule has 1 aliphatic carbocycles. The summed E-state index contributed by atoms with van der Waals surface area (Å²) in [6.07, 6.45) is 3.58. The Kier molecular flexibility index (Phi) is 4.58. The second kappa shape index (κ2) is 6.19. The molecule has 0 atom stereocenters. The molecule has 0 saturated heterocycles. The lowest BCUT2D eigenvalue weighted by atomic mass is 9.87. The Bertz CT molecular complexity index is 434. The first-order valence-electron chi connectivity index (χ1n) is 7.00. The van der Waals surface area contributed by atoms with Crippen LogP contribution < -0.4 is 5.32 Å². The molecule has 0 spiro atoms.